The first-order chi connectivity index (χ1) is 19.1. The van der Waals surface area contributed by atoms with Crippen molar-refractivity contribution in [3.63, 3.8) is 0 Å². The van der Waals surface area contributed by atoms with Crippen LogP contribution in [0.25, 0.3) is 11.1 Å². The first-order valence-electron chi connectivity index (χ1n) is 13.7. The summed E-state index contributed by atoms with van der Waals surface area (Å²) in [6, 6.07) is 25.8. The van der Waals surface area contributed by atoms with Crippen LogP contribution in [0.3, 0.4) is 0 Å². The van der Waals surface area contributed by atoms with Crippen molar-refractivity contribution in [1.82, 2.24) is 9.80 Å². The predicted molar refractivity (Wildman–Crippen MR) is 162 cm³/mol. The van der Waals surface area contributed by atoms with E-state index in [-0.39, 0.29) is 24.1 Å². The molecule has 1 atom stereocenters. The van der Waals surface area contributed by atoms with E-state index in [1.807, 2.05) is 93.6 Å². The van der Waals surface area contributed by atoms with Crippen molar-refractivity contribution in [3.05, 3.63) is 102 Å². The Kier molecular flexibility index (Phi) is 9.67. The first kappa shape index (κ1) is 29.4. The fourth-order valence-corrected chi connectivity index (χ4v) is 5.02. The monoisotopic (exact) mass is 559 g/mol. The number of benzene rings is 3. The van der Waals surface area contributed by atoms with Crippen molar-refractivity contribution in [2.45, 2.75) is 51.3 Å². The number of nitrogens with zero attached hydrogens (tertiary/aromatic N) is 2. The molecule has 0 aromatic heterocycles. The summed E-state index contributed by atoms with van der Waals surface area (Å²) in [5.41, 5.74) is 3.44. The summed E-state index contributed by atoms with van der Waals surface area (Å²) in [5, 5.41) is 3.67. The van der Waals surface area contributed by atoms with E-state index in [4.69, 9.17) is 16.3 Å². The van der Waals surface area contributed by atoms with E-state index in [0.29, 0.717) is 18.1 Å². The molecule has 2 amide bonds. The third kappa shape index (κ3) is 8.20. The van der Waals surface area contributed by atoms with Gasteiger partial charge < -0.3 is 15.0 Å². The van der Waals surface area contributed by atoms with Gasteiger partial charge in [-0.2, -0.15) is 0 Å². The van der Waals surface area contributed by atoms with Crippen LogP contribution in [0, 0.1) is 0 Å². The molecule has 1 N–H and O–H groups in total. The number of amides is 2. The highest BCUT2D eigenvalue weighted by atomic mass is 35.5. The van der Waals surface area contributed by atoms with E-state index in [9.17, 15) is 9.59 Å². The number of piperidine rings is 1. The number of anilines is 1. The summed E-state index contributed by atoms with van der Waals surface area (Å²) in [5.74, 6) is -0.187. The molecule has 210 valence electrons. The predicted octanol–water partition coefficient (Wildman–Crippen LogP) is 7.57. The Morgan fingerprint density at radius 1 is 0.950 bits per heavy atom. The minimum absolute atomic E-state index is 0.0858. The molecule has 0 aliphatic carbocycles. The molecule has 40 heavy (non-hydrogen) atoms. The van der Waals surface area contributed by atoms with Crippen molar-refractivity contribution in [2.24, 2.45) is 0 Å². The summed E-state index contributed by atoms with van der Waals surface area (Å²) in [6.07, 6.45) is 4.97. The van der Waals surface area contributed by atoms with Crippen LogP contribution in [0.5, 0.6) is 0 Å². The highest BCUT2D eigenvalue weighted by Gasteiger charge is 2.30. The van der Waals surface area contributed by atoms with Crippen LogP contribution < -0.4 is 5.32 Å². The molecule has 4 rings (SSSR count). The molecule has 1 aliphatic rings. The molecular weight excluding hydrogens is 522 g/mol. The second kappa shape index (κ2) is 13.2. The Balaban J connectivity index is 1.39. The van der Waals surface area contributed by atoms with Gasteiger partial charge in [0.05, 0.1) is 6.04 Å². The lowest BCUT2D eigenvalue weighted by Gasteiger charge is -2.40. The maximum absolute atomic E-state index is 12.9. The van der Waals surface area contributed by atoms with Crippen LogP contribution in [-0.2, 0) is 9.53 Å². The summed E-state index contributed by atoms with van der Waals surface area (Å²) >= 11 is 6.00. The van der Waals surface area contributed by atoms with Crippen molar-refractivity contribution >= 4 is 29.3 Å². The maximum atomic E-state index is 12.9. The van der Waals surface area contributed by atoms with Gasteiger partial charge in [-0.15, -0.1) is 0 Å². The van der Waals surface area contributed by atoms with Crippen LogP contribution in [0.2, 0.25) is 5.02 Å². The Morgan fingerprint density at radius 3 is 2.10 bits per heavy atom. The number of hydrogen-bond acceptors (Lipinski definition) is 4. The van der Waals surface area contributed by atoms with Gasteiger partial charge in [0.2, 0.25) is 5.91 Å². The fourth-order valence-electron chi connectivity index (χ4n) is 4.89. The molecule has 7 heteroatoms. The van der Waals surface area contributed by atoms with Crippen molar-refractivity contribution in [1.29, 1.82) is 0 Å². The number of likely N-dealkylation sites (tertiary alicyclic amines) is 1. The summed E-state index contributed by atoms with van der Waals surface area (Å²) in [6.45, 7) is 6.93. The average Bonchev–Trinajstić information content (AvgIpc) is 2.94. The van der Waals surface area contributed by atoms with Crippen LogP contribution in [0.15, 0.2) is 91.0 Å². The van der Waals surface area contributed by atoms with E-state index in [0.717, 1.165) is 35.2 Å². The highest BCUT2D eigenvalue weighted by Crippen LogP contribution is 2.28. The zero-order valence-electron chi connectivity index (χ0n) is 23.6. The zero-order valence-corrected chi connectivity index (χ0v) is 24.4. The normalized spacial score (nSPS) is 15.3. The molecule has 3 aromatic rings. The van der Waals surface area contributed by atoms with Crippen molar-refractivity contribution in [2.75, 3.05) is 25.5 Å². The van der Waals surface area contributed by atoms with Gasteiger partial charge in [0.25, 0.3) is 0 Å². The number of rotatable bonds is 7. The van der Waals surface area contributed by atoms with Gasteiger partial charge in [0.15, 0.2) is 0 Å². The SMILES string of the molecule is CN(C1CCN(C(=O)OC(C)(C)C)CC1)C(/C=C/C(=O)Nc1ccc(-c2ccc(Cl)cc2)cc1)c1ccccc1. The van der Waals surface area contributed by atoms with Crippen molar-refractivity contribution in [3.8, 4) is 11.1 Å². The molecule has 0 radical (unpaired) electrons. The van der Waals surface area contributed by atoms with E-state index in [1.165, 1.54) is 0 Å². The number of carbonyl (C=O) groups excluding carboxylic acids is 2. The molecule has 0 saturated carbocycles. The van der Waals surface area contributed by atoms with E-state index < -0.39 is 5.60 Å². The highest BCUT2D eigenvalue weighted by molar-refractivity contribution is 6.30. The Hall–Kier alpha value is -3.61. The van der Waals surface area contributed by atoms with Gasteiger partial charge in [0.1, 0.15) is 5.60 Å². The van der Waals surface area contributed by atoms with Gasteiger partial charge in [-0.1, -0.05) is 72.3 Å². The Bertz CT molecular complexity index is 1290. The van der Waals surface area contributed by atoms with E-state index in [1.54, 1.807) is 11.0 Å². The van der Waals surface area contributed by atoms with Crippen LogP contribution >= 0.6 is 11.6 Å². The van der Waals surface area contributed by atoms with Gasteiger partial charge >= 0.3 is 6.09 Å². The fraction of sp³-hybridized carbons (Fsp3) is 0.333. The maximum Gasteiger partial charge on any atom is 0.410 e. The number of carbonyl (C=O) groups is 2. The molecule has 1 saturated heterocycles. The topological polar surface area (TPSA) is 61.9 Å². The van der Waals surface area contributed by atoms with Gasteiger partial charge in [-0.3, -0.25) is 9.69 Å². The minimum Gasteiger partial charge on any atom is -0.444 e. The van der Waals surface area contributed by atoms with Gasteiger partial charge in [0, 0.05) is 35.9 Å². The molecule has 0 spiro atoms. The Morgan fingerprint density at radius 2 is 1.52 bits per heavy atom. The molecule has 1 heterocycles. The molecule has 1 fully saturated rings. The molecule has 1 unspecified atom stereocenters. The standard InChI is InChI=1S/C33H38ClN3O3/c1-33(2,3)40-32(39)37-22-20-29(21-23-37)36(4)30(26-8-6-5-7-9-26)18-19-31(38)35-28-16-12-25(13-17-28)24-10-14-27(34)15-11-24/h5-19,29-30H,20-23H2,1-4H3,(H,35,38)/b19-18+. The largest absolute Gasteiger partial charge is 0.444 e. The quantitative estimate of drug-likeness (QED) is 0.303. The number of hydrogen-bond donors (Lipinski definition) is 1. The van der Waals surface area contributed by atoms with Gasteiger partial charge in [-0.05, 0) is 81.6 Å². The third-order valence-corrected chi connectivity index (χ3v) is 7.28. The molecule has 1 aliphatic heterocycles. The van der Waals surface area contributed by atoms with Gasteiger partial charge in [-0.25, -0.2) is 4.79 Å². The lowest BCUT2D eigenvalue weighted by Crippen LogP contribution is -2.47. The van der Waals surface area contributed by atoms with E-state index in [2.05, 4.69) is 29.4 Å². The zero-order chi connectivity index (χ0) is 28.7. The summed E-state index contributed by atoms with van der Waals surface area (Å²) < 4.78 is 5.55. The second-order valence-corrected chi connectivity index (χ2v) is 11.6. The van der Waals surface area contributed by atoms with Crippen LogP contribution in [-0.4, -0.2) is 53.6 Å². The number of halogens is 1. The van der Waals surface area contributed by atoms with Crippen LogP contribution in [0.1, 0.15) is 45.2 Å². The van der Waals surface area contributed by atoms with E-state index >= 15 is 0 Å². The molecular formula is C33H38ClN3O3. The number of ether oxygens (including phenoxy) is 1. The Labute approximate surface area is 242 Å². The smallest absolute Gasteiger partial charge is 0.410 e. The molecule has 3 aromatic carbocycles. The first-order valence-corrected chi connectivity index (χ1v) is 14.1. The molecule has 6 nitrogen and oxygen atoms in total. The number of likely N-dealkylation sites (N-methyl/N-ethyl adjacent to an activating group) is 1. The third-order valence-electron chi connectivity index (χ3n) is 7.03. The molecule has 0 bridgehead atoms. The second-order valence-electron chi connectivity index (χ2n) is 11.2. The van der Waals surface area contributed by atoms with Crippen LogP contribution in [0.4, 0.5) is 10.5 Å². The lowest BCUT2D eigenvalue weighted by atomic mass is 9.98. The lowest BCUT2D eigenvalue weighted by molar-refractivity contribution is -0.112. The number of nitrogens with one attached hydrogen (secondary N) is 1. The van der Waals surface area contributed by atoms with Crippen molar-refractivity contribution < 1.29 is 14.3 Å². The average molecular weight is 560 g/mol. The summed E-state index contributed by atoms with van der Waals surface area (Å²) in [7, 11) is 2.09. The summed E-state index contributed by atoms with van der Waals surface area (Å²) in [4.78, 5) is 29.5. The minimum atomic E-state index is -0.507.